The smallest absolute Gasteiger partial charge is 0.295 e. The summed E-state index contributed by atoms with van der Waals surface area (Å²) < 4.78 is 0. The molecule has 0 saturated carbocycles. The Balaban J connectivity index is 4.16. The first-order valence-electron chi connectivity index (χ1n) is 2.19. The highest BCUT2D eigenvalue weighted by Crippen LogP contribution is 1.85. The second-order valence-electron chi connectivity index (χ2n) is 1.48. The first-order valence-corrected chi connectivity index (χ1v) is 2.19. The largest absolute Gasteiger partial charge is 0.324 e. The van der Waals surface area contributed by atoms with Gasteiger partial charge < -0.3 is 0 Å². The van der Waals surface area contributed by atoms with Crippen molar-refractivity contribution in [3.63, 3.8) is 0 Å². The summed E-state index contributed by atoms with van der Waals surface area (Å²) in [6, 6.07) is -1.68. The van der Waals surface area contributed by atoms with Crippen molar-refractivity contribution in [1.29, 1.82) is 0 Å². The van der Waals surface area contributed by atoms with E-state index < -0.39 is 16.7 Å². The van der Waals surface area contributed by atoms with E-state index in [2.05, 4.69) is 0 Å². The molecule has 0 saturated heterocycles. The van der Waals surface area contributed by atoms with Crippen LogP contribution in [0.2, 0.25) is 0 Å². The summed E-state index contributed by atoms with van der Waals surface area (Å²) in [5.74, 6) is -0.741. The van der Waals surface area contributed by atoms with Crippen LogP contribution in [0.3, 0.4) is 0 Å². The van der Waals surface area contributed by atoms with Gasteiger partial charge in [-0.1, -0.05) is 0 Å². The topological polar surface area (TPSA) is 77.3 Å². The van der Waals surface area contributed by atoms with Gasteiger partial charge >= 0.3 is 6.04 Å². The molecular weight excluding hydrogens is 126 g/mol. The van der Waals surface area contributed by atoms with E-state index in [-0.39, 0.29) is 6.29 Å². The third kappa shape index (κ3) is 1.98. The van der Waals surface area contributed by atoms with E-state index in [9.17, 15) is 19.7 Å². The zero-order valence-corrected chi connectivity index (χ0v) is 4.73. The van der Waals surface area contributed by atoms with Crippen molar-refractivity contribution in [2.24, 2.45) is 0 Å². The zero-order valence-electron chi connectivity index (χ0n) is 4.73. The highest BCUT2D eigenvalue weighted by atomic mass is 16.6. The first-order chi connectivity index (χ1) is 4.09. The van der Waals surface area contributed by atoms with Gasteiger partial charge in [0.05, 0.1) is 0 Å². The summed E-state index contributed by atoms with van der Waals surface area (Å²) in [7, 11) is 0. The summed E-state index contributed by atoms with van der Waals surface area (Å²) >= 11 is 0. The van der Waals surface area contributed by atoms with E-state index in [1.165, 1.54) is 0 Å². The lowest BCUT2D eigenvalue weighted by Gasteiger charge is -1.93. The van der Waals surface area contributed by atoms with Crippen LogP contribution in [-0.4, -0.2) is 23.0 Å². The fraction of sp³-hybridized carbons (Fsp3) is 0.500. The van der Waals surface area contributed by atoms with E-state index in [0.717, 1.165) is 6.92 Å². The predicted octanol–water partition coefficient (Wildman–Crippen LogP) is -0.580. The lowest BCUT2D eigenvalue weighted by molar-refractivity contribution is -0.491. The van der Waals surface area contributed by atoms with E-state index in [1.807, 2.05) is 0 Å². The number of carbonyl (C=O) groups excluding carboxylic acids is 2. The molecule has 0 amide bonds. The molecule has 0 spiro atoms. The summed E-state index contributed by atoms with van der Waals surface area (Å²) in [6.45, 7) is 1.00. The Morgan fingerprint density at radius 1 is 1.78 bits per heavy atom. The van der Waals surface area contributed by atoms with Gasteiger partial charge in [0.2, 0.25) is 12.1 Å². The number of Topliss-reactive ketones (excluding diaryl/α,β-unsaturated/α-hetero) is 1. The molecule has 1 unspecified atom stereocenters. The zero-order chi connectivity index (χ0) is 7.44. The van der Waals surface area contributed by atoms with E-state index in [0.29, 0.717) is 0 Å². The lowest BCUT2D eigenvalue weighted by Crippen LogP contribution is -2.28. The number of rotatable bonds is 3. The van der Waals surface area contributed by atoms with E-state index >= 15 is 0 Å². The van der Waals surface area contributed by atoms with Gasteiger partial charge in [0.15, 0.2) is 0 Å². The molecule has 1 atom stereocenters. The van der Waals surface area contributed by atoms with Crippen molar-refractivity contribution in [2.45, 2.75) is 13.0 Å². The summed E-state index contributed by atoms with van der Waals surface area (Å²) in [5, 5.41) is 9.73. The third-order valence-electron chi connectivity index (χ3n) is 0.773. The molecule has 0 aromatic carbocycles. The standard InChI is InChI=1S/C4H5NO4/c1-3(7)4(2-6)5(8)9/h2,4H,1H3. The van der Waals surface area contributed by atoms with Gasteiger partial charge in [0.1, 0.15) is 0 Å². The van der Waals surface area contributed by atoms with Crippen LogP contribution in [-0.2, 0) is 9.59 Å². The van der Waals surface area contributed by atoms with Crippen LogP contribution < -0.4 is 0 Å². The van der Waals surface area contributed by atoms with Crippen molar-refractivity contribution in [3.05, 3.63) is 10.1 Å². The number of aldehydes is 1. The predicted molar refractivity (Wildman–Crippen MR) is 27.5 cm³/mol. The van der Waals surface area contributed by atoms with Crippen LogP contribution in [0.25, 0.3) is 0 Å². The van der Waals surface area contributed by atoms with E-state index in [4.69, 9.17) is 0 Å². The van der Waals surface area contributed by atoms with Crippen LogP contribution in [0, 0.1) is 10.1 Å². The molecule has 50 valence electrons. The Bertz CT molecular complexity index is 139. The van der Waals surface area contributed by atoms with Crippen molar-refractivity contribution in [3.8, 4) is 0 Å². The molecule has 0 fully saturated rings. The lowest BCUT2D eigenvalue weighted by atomic mass is 10.2. The summed E-state index contributed by atoms with van der Waals surface area (Å²) in [4.78, 5) is 28.7. The summed E-state index contributed by atoms with van der Waals surface area (Å²) in [6.07, 6.45) is 0.0162. The van der Waals surface area contributed by atoms with Gasteiger partial charge in [-0.3, -0.25) is 19.7 Å². The number of hydrogen-bond acceptors (Lipinski definition) is 4. The van der Waals surface area contributed by atoms with Crippen molar-refractivity contribution in [1.82, 2.24) is 0 Å². The molecule has 5 nitrogen and oxygen atoms in total. The fourth-order valence-electron chi connectivity index (χ4n) is 0.294. The maximum Gasteiger partial charge on any atom is 0.324 e. The van der Waals surface area contributed by atoms with Crippen LogP contribution in [0.4, 0.5) is 0 Å². The highest BCUT2D eigenvalue weighted by molar-refractivity contribution is 5.93. The van der Waals surface area contributed by atoms with Gasteiger partial charge in [-0.25, -0.2) is 0 Å². The Morgan fingerprint density at radius 3 is 2.22 bits per heavy atom. The number of nitro groups is 1. The monoisotopic (exact) mass is 131 g/mol. The first kappa shape index (κ1) is 7.74. The molecule has 0 rings (SSSR count). The minimum Gasteiger partial charge on any atom is -0.295 e. The molecule has 0 aromatic rings. The van der Waals surface area contributed by atoms with Gasteiger partial charge in [-0.15, -0.1) is 0 Å². The quantitative estimate of drug-likeness (QED) is 0.222. The molecule has 0 aromatic heterocycles. The van der Waals surface area contributed by atoms with Crippen molar-refractivity contribution in [2.75, 3.05) is 0 Å². The normalized spacial score (nSPS) is 12.1. The maximum absolute atomic E-state index is 10.1. The molecule has 0 aliphatic carbocycles. The van der Waals surface area contributed by atoms with Crippen LogP contribution >= 0.6 is 0 Å². The Hall–Kier alpha value is -1.26. The van der Waals surface area contributed by atoms with E-state index in [1.54, 1.807) is 0 Å². The highest BCUT2D eigenvalue weighted by Gasteiger charge is 2.23. The molecule has 0 heterocycles. The number of hydrogen-bond donors (Lipinski definition) is 0. The van der Waals surface area contributed by atoms with Gasteiger partial charge in [0, 0.05) is 11.8 Å². The van der Waals surface area contributed by atoms with Gasteiger partial charge in [0.25, 0.3) is 0 Å². The van der Waals surface area contributed by atoms with Crippen LogP contribution in [0.5, 0.6) is 0 Å². The molecule has 0 aliphatic rings. The van der Waals surface area contributed by atoms with Crippen LogP contribution in [0.1, 0.15) is 6.92 Å². The second kappa shape index (κ2) is 2.91. The average molecular weight is 131 g/mol. The minimum absolute atomic E-state index is 0.0162. The molecule has 0 radical (unpaired) electrons. The molecular formula is C4H5NO4. The molecule has 0 N–H and O–H groups in total. The molecule has 0 aliphatic heterocycles. The Kier molecular flexibility index (Phi) is 2.50. The second-order valence-corrected chi connectivity index (χ2v) is 1.48. The number of nitrogens with zero attached hydrogens (tertiary/aromatic N) is 1. The fourth-order valence-corrected chi connectivity index (χ4v) is 0.294. The Labute approximate surface area is 50.8 Å². The minimum atomic E-state index is -1.68. The maximum atomic E-state index is 10.1. The third-order valence-corrected chi connectivity index (χ3v) is 0.773. The van der Waals surface area contributed by atoms with Crippen LogP contribution in [0.15, 0.2) is 0 Å². The molecule has 9 heavy (non-hydrogen) atoms. The average Bonchev–Trinajstić information content (AvgIpc) is 1.64. The number of carbonyl (C=O) groups is 2. The summed E-state index contributed by atoms with van der Waals surface area (Å²) in [5.41, 5.74) is 0. The van der Waals surface area contributed by atoms with Gasteiger partial charge in [-0.2, -0.15) is 0 Å². The number of ketones is 1. The van der Waals surface area contributed by atoms with Crippen molar-refractivity contribution < 1.29 is 14.5 Å². The van der Waals surface area contributed by atoms with Crippen molar-refractivity contribution >= 4 is 12.1 Å². The molecule has 5 heteroatoms. The van der Waals surface area contributed by atoms with Gasteiger partial charge in [-0.05, 0) is 0 Å². The SMILES string of the molecule is CC(=O)C(C=O)[N+](=O)[O-]. The molecule has 0 bridgehead atoms. The Morgan fingerprint density at radius 2 is 2.22 bits per heavy atom.